The van der Waals surface area contributed by atoms with Crippen molar-refractivity contribution in [1.29, 1.82) is 0 Å². The number of hydrogen-bond donors (Lipinski definition) is 1. The van der Waals surface area contributed by atoms with E-state index in [1.807, 2.05) is 0 Å². The van der Waals surface area contributed by atoms with Gasteiger partial charge in [0.1, 0.15) is 18.0 Å². The number of hydrogen-bond acceptors (Lipinski definition) is 3. The van der Waals surface area contributed by atoms with E-state index in [1.54, 1.807) is 12.1 Å². The first-order chi connectivity index (χ1) is 7.33. The molecule has 0 saturated carbocycles. The highest BCUT2D eigenvalue weighted by Gasteiger charge is 2.35. The van der Waals surface area contributed by atoms with Gasteiger partial charge >= 0.3 is 0 Å². The third kappa shape index (κ3) is 1.51. The van der Waals surface area contributed by atoms with Gasteiger partial charge in [-0.05, 0) is 24.3 Å². The van der Waals surface area contributed by atoms with Crippen LogP contribution in [-0.2, 0) is 4.74 Å². The van der Waals surface area contributed by atoms with E-state index in [9.17, 15) is 4.39 Å². The number of halogens is 1. The Hall–Kier alpha value is -1.42. The fourth-order valence-corrected chi connectivity index (χ4v) is 1.95. The maximum atomic E-state index is 12.7. The maximum Gasteiger partial charge on any atom is 0.216 e. The summed E-state index contributed by atoms with van der Waals surface area (Å²) in [6, 6.07) is 6.47. The summed E-state index contributed by atoms with van der Waals surface area (Å²) in [5.74, 6) is 0.408. The summed E-state index contributed by atoms with van der Waals surface area (Å²) in [6.07, 6.45) is 0.157. The molecule has 0 bridgehead atoms. The van der Waals surface area contributed by atoms with Crippen molar-refractivity contribution in [2.24, 2.45) is 4.99 Å². The Morgan fingerprint density at radius 1 is 1.27 bits per heavy atom. The van der Waals surface area contributed by atoms with Crippen molar-refractivity contribution in [3.8, 4) is 0 Å². The quantitative estimate of drug-likeness (QED) is 0.742. The third-order valence-corrected chi connectivity index (χ3v) is 2.77. The zero-order valence-corrected chi connectivity index (χ0v) is 8.11. The van der Waals surface area contributed by atoms with Crippen LogP contribution in [0.4, 0.5) is 4.39 Å². The highest BCUT2D eigenvalue weighted by molar-refractivity contribution is 5.95. The van der Waals surface area contributed by atoms with Crippen LogP contribution in [0.5, 0.6) is 0 Å². The van der Waals surface area contributed by atoms with E-state index in [1.165, 1.54) is 12.1 Å². The number of nitrogens with one attached hydrogen (secondary N) is 1. The van der Waals surface area contributed by atoms with E-state index in [0.29, 0.717) is 5.90 Å². The minimum absolute atomic E-state index is 0.157. The number of aliphatic imine (C=N–C) groups is 1. The van der Waals surface area contributed by atoms with Crippen LogP contribution >= 0.6 is 0 Å². The van der Waals surface area contributed by atoms with Crippen LogP contribution in [0.2, 0.25) is 0 Å². The summed E-state index contributed by atoms with van der Waals surface area (Å²) >= 11 is 0. The molecule has 0 amide bonds. The van der Waals surface area contributed by atoms with Gasteiger partial charge < -0.3 is 10.1 Å². The molecule has 2 unspecified atom stereocenters. The second-order valence-corrected chi connectivity index (χ2v) is 3.82. The lowest BCUT2D eigenvalue weighted by Gasteiger charge is -2.07. The smallest absolute Gasteiger partial charge is 0.216 e. The van der Waals surface area contributed by atoms with E-state index in [0.717, 1.165) is 18.7 Å². The van der Waals surface area contributed by atoms with E-state index >= 15 is 0 Å². The summed E-state index contributed by atoms with van der Waals surface area (Å²) in [7, 11) is 0. The minimum atomic E-state index is -0.237. The van der Waals surface area contributed by atoms with Gasteiger partial charge in [0.2, 0.25) is 5.90 Å². The second-order valence-electron chi connectivity index (χ2n) is 3.82. The van der Waals surface area contributed by atoms with Crippen LogP contribution in [0.1, 0.15) is 5.56 Å². The SMILES string of the molecule is Fc1ccc(C2=NC3CNCC3O2)cc1. The summed E-state index contributed by atoms with van der Waals surface area (Å²) in [5.41, 5.74) is 0.853. The molecule has 3 rings (SSSR count). The van der Waals surface area contributed by atoms with E-state index < -0.39 is 0 Å². The van der Waals surface area contributed by atoms with Crippen molar-refractivity contribution in [3.63, 3.8) is 0 Å². The molecule has 2 aliphatic rings. The Morgan fingerprint density at radius 3 is 2.80 bits per heavy atom. The van der Waals surface area contributed by atoms with Gasteiger partial charge in [0.25, 0.3) is 0 Å². The normalized spacial score (nSPS) is 28.5. The average molecular weight is 206 g/mol. The van der Waals surface area contributed by atoms with Gasteiger partial charge in [-0.3, -0.25) is 0 Å². The number of fused-ring (bicyclic) bond motifs is 1. The van der Waals surface area contributed by atoms with Crippen molar-refractivity contribution in [2.75, 3.05) is 13.1 Å². The average Bonchev–Trinajstić information content (AvgIpc) is 2.78. The fourth-order valence-electron chi connectivity index (χ4n) is 1.95. The lowest BCUT2D eigenvalue weighted by molar-refractivity contribution is 0.225. The molecule has 0 radical (unpaired) electrons. The lowest BCUT2D eigenvalue weighted by atomic mass is 10.2. The summed E-state index contributed by atoms with van der Waals surface area (Å²) in [4.78, 5) is 4.46. The molecule has 0 aliphatic carbocycles. The van der Waals surface area contributed by atoms with Crippen molar-refractivity contribution in [1.82, 2.24) is 5.32 Å². The summed E-state index contributed by atoms with van der Waals surface area (Å²) < 4.78 is 18.4. The van der Waals surface area contributed by atoms with Gasteiger partial charge in [0.05, 0.1) is 0 Å². The molecule has 0 aromatic heterocycles. The number of ether oxygens (including phenoxy) is 1. The Morgan fingerprint density at radius 2 is 2.07 bits per heavy atom. The molecule has 1 aromatic rings. The number of benzene rings is 1. The van der Waals surface area contributed by atoms with Gasteiger partial charge in [-0.15, -0.1) is 0 Å². The summed E-state index contributed by atoms with van der Waals surface area (Å²) in [6.45, 7) is 1.72. The molecule has 1 aromatic carbocycles. The van der Waals surface area contributed by atoms with Crippen molar-refractivity contribution in [3.05, 3.63) is 35.6 Å². The third-order valence-electron chi connectivity index (χ3n) is 2.77. The van der Waals surface area contributed by atoms with Gasteiger partial charge in [0, 0.05) is 18.7 Å². The van der Waals surface area contributed by atoms with Crippen LogP contribution in [0.15, 0.2) is 29.3 Å². The van der Waals surface area contributed by atoms with Crippen LogP contribution in [0.25, 0.3) is 0 Å². The first-order valence-corrected chi connectivity index (χ1v) is 5.04. The van der Waals surface area contributed by atoms with E-state index in [-0.39, 0.29) is 18.0 Å². The predicted molar refractivity (Wildman–Crippen MR) is 54.5 cm³/mol. The molecular weight excluding hydrogens is 195 g/mol. The minimum Gasteiger partial charge on any atom is -0.470 e. The van der Waals surface area contributed by atoms with Crippen LogP contribution in [-0.4, -0.2) is 31.1 Å². The highest BCUT2D eigenvalue weighted by Crippen LogP contribution is 2.20. The molecule has 78 valence electrons. The summed E-state index contributed by atoms with van der Waals surface area (Å²) in [5, 5.41) is 3.21. The van der Waals surface area contributed by atoms with E-state index in [2.05, 4.69) is 10.3 Å². The lowest BCUT2D eigenvalue weighted by Crippen LogP contribution is -2.20. The number of nitrogens with zero attached hydrogens (tertiary/aromatic N) is 1. The monoisotopic (exact) mass is 206 g/mol. The number of rotatable bonds is 1. The largest absolute Gasteiger partial charge is 0.470 e. The first kappa shape index (κ1) is 8.85. The molecule has 2 aliphatic heterocycles. The molecule has 15 heavy (non-hydrogen) atoms. The second kappa shape index (κ2) is 3.31. The van der Waals surface area contributed by atoms with Crippen LogP contribution < -0.4 is 5.32 Å². The molecule has 0 spiro atoms. The Labute approximate surface area is 87.0 Å². The maximum absolute atomic E-state index is 12.7. The first-order valence-electron chi connectivity index (χ1n) is 5.04. The zero-order chi connectivity index (χ0) is 10.3. The van der Waals surface area contributed by atoms with Crippen molar-refractivity contribution in [2.45, 2.75) is 12.1 Å². The van der Waals surface area contributed by atoms with E-state index in [4.69, 9.17) is 4.74 Å². The topological polar surface area (TPSA) is 33.6 Å². The van der Waals surface area contributed by atoms with Gasteiger partial charge in [-0.25, -0.2) is 9.38 Å². The molecule has 2 atom stereocenters. The van der Waals surface area contributed by atoms with Gasteiger partial charge in [-0.1, -0.05) is 0 Å². The molecule has 2 heterocycles. The fraction of sp³-hybridized carbons (Fsp3) is 0.364. The van der Waals surface area contributed by atoms with Crippen LogP contribution in [0, 0.1) is 5.82 Å². The Kier molecular flexibility index (Phi) is 1.95. The molecule has 4 heteroatoms. The van der Waals surface area contributed by atoms with Gasteiger partial charge in [0.15, 0.2) is 0 Å². The molecular formula is C11H11FN2O. The molecule has 1 N–H and O–H groups in total. The highest BCUT2D eigenvalue weighted by atomic mass is 19.1. The molecule has 1 saturated heterocycles. The van der Waals surface area contributed by atoms with Crippen molar-refractivity contribution >= 4 is 5.90 Å². The van der Waals surface area contributed by atoms with Crippen molar-refractivity contribution < 1.29 is 9.13 Å². The Balaban J connectivity index is 1.87. The molecule has 3 nitrogen and oxygen atoms in total. The molecule has 1 fully saturated rings. The standard InChI is InChI=1S/C11H11FN2O/c12-8-3-1-7(2-4-8)11-14-9-5-13-6-10(9)15-11/h1-4,9-10,13H,5-6H2. The zero-order valence-electron chi connectivity index (χ0n) is 8.11. The Bertz CT molecular complexity index is 402. The van der Waals surface area contributed by atoms with Gasteiger partial charge in [-0.2, -0.15) is 0 Å². The predicted octanol–water partition coefficient (Wildman–Crippen LogP) is 0.943. The van der Waals surface area contributed by atoms with Crippen LogP contribution in [0.3, 0.4) is 0 Å².